The van der Waals surface area contributed by atoms with Crippen molar-refractivity contribution in [3.8, 4) is 11.1 Å². The van der Waals surface area contributed by atoms with Crippen LogP contribution in [0.25, 0.3) is 22.0 Å². The number of nitrogens with two attached hydrogens (primary N) is 1. The molecule has 0 saturated carbocycles. The molecule has 2 aromatic heterocycles. The first kappa shape index (κ1) is 20.0. The number of carbonyl (C=O) groups is 1. The molecule has 0 fully saturated rings. The van der Waals surface area contributed by atoms with E-state index >= 15 is 0 Å². The predicted molar refractivity (Wildman–Crippen MR) is 122 cm³/mol. The number of benzene rings is 2. The summed E-state index contributed by atoms with van der Waals surface area (Å²) in [5.41, 5.74) is 12.1. The van der Waals surface area contributed by atoms with Gasteiger partial charge in [0.2, 0.25) is 5.95 Å². The second kappa shape index (κ2) is 8.58. The number of hydrogen-bond acceptors (Lipinski definition) is 7. The van der Waals surface area contributed by atoms with Crippen molar-refractivity contribution in [2.24, 2.45) is 4.99 Å². The lowest BCUT2D eigenvalue weighted by molar-refractivity contribution is -0.134. The maximum Gasteiger partial charge on any atom is 0.300 e. The largest absolute Gasteiger partial charge is 0.481 e. The molecule has 0 spiro atoms. The molecule has 4 N–H and O–H groups in total. The molecule has 0 atom stereocenters. The van der Waals surface area contributed by atoms with E-state index in [4.69, 9.17) is 15.6 Å². The SMILES string of the molecule is CC(=O)O.Nc1nccc(Nc2cc3c(c(-c4cnc5ccccc5c4)c2)CN=C3)n1. The van der Waals surface area contributed by atoms with E-state index in [1.54, 1.807) is 12.3 Å². The number of anilines is 3. The number of pyridine rings is 1. The fraction of sp³-hybridized carbons (Fsp3) is 0.0870. The highest BCUT2D eigenvalue weighted by Gasteiger charge is 2.16. The number of fused-ring (bicyclic) bond motifs is 2. The summed E-state index contributed by atoms with van der Waals surface area (Å²) < 4.78 is 0. The number of rotatable bonds is 3. The van der Waals surface area contributed by atoms with Gasteiger partial charge in [0.1, 0.15) is 5.82 Å². The minimum absolute atomic E-state index is 0.238. The van der Waals surface area contributed by atoms with Crippen molar-refractivity contribution in [2.45, 2.75) is 13.5 Å². The van der Waals surface area contributed by atoms with E-state index in [2.05, 4.69) is 49.5 Å². The van der Waals surface area contributed by atoms with Crippen molar-refractivity contribution in [2.75, 3.05) is 11.1 Å². The van der Waals surface area contributed by atoms with Crippen LogP contribution in [0.3, 0.4) is 0 Å². The molecule has 1 aliphatic rings. The maximum atomic E-state index is 9.00. The van der Waals surface area contributed by atoms with Gasteiger partial charge in [-0.3, -0.25) is 14.8 Å². The van der Waals surface area contributed by atoms with Crippen LogP contribution in [-0.4, -0.2) is 32.2 Å². The quantitative estimate of drug-likeness (QED) is 0.463. The van der Waals surface area contributed by atoms with E-state index in [1.165, 1.54) is 5.56 Å². The highest BCUT2D eigenvalue weighted by molar-refractivity contribution is 5.93. The van der Waals surface area contributed by atoms with Gasteiger partial charge in [0.25, 0.3) is 5.97 Å². The molecule has 0 saturated heterocycles. The molecule has 3 heterocycles. The monoisotopic (exact) mass is 412 g/mol. The van der Waals surface area contributed by atoms with Gasteiger partial charge < -0.3 is 16.2 Å². The van der Waals surface area contributed by atoms with Gasteiger partial charge >= 0.3 is 0 Å². The Morgan fingerprint density at radius 1 is 1.13 bits per heavy atom. The summed E-state index contributed by atoms with van der Waals surface area (Å²) in [4.78, 5) is 26.2. The Balaban J connectivity index is 0.000000535. The molecule has 8 nitrogen and oxygen atoms in total. The van der Waals surface area contributed by atoms with Gasteiger partial charge in [0, 0.05) is 47.7 Å². The van der Waals surface area contributed by atoms with Crippen molar-refractivity contribution >= 4 is 40.5 Å². The number of carboxylic acid groups (broad SMARTS) is 1. The van der Waals surface area contributed by atoms with E-state index in [1.807, 2.05) is 30.6 Å². The molecule has 0 unspecified atom stereocenters. The standard InChI is InChI=1S/C21H16N6.C2H4O2/c22-21-24-6-5-20(27-21)26-16-8-15-10-23-12-18(15)17(9-16)14-7-13-3-1-2-4-19(13)25-11-14;1-2(3)4/h1-11H,12H2,(H3,22,24,26,27);1H3,(H,3,4). The summed E-state index contributed by atoms with van der Waals surface area (Å²) in [5.74, 6) is 0.0571. The number of hydrogen-bond donors (Lipinski definition) is 3. The summed E-state index contributed by atoms with van der Waals surface area (Å²) in [6.45, 7) is 1.76. The fourth-order valence-corrected chi connectivity index (χ4v) is 3.36. The van der Waals surface area contributed by atoms with Gasteiger partial charge in [-0.25, -0.2) is 4.98 Å². The number of aliphatic imine (C=N–C) groups is 1. The molecule has 0 amide bonds. The first-order chi connectivity index (χ1) is 15.0. The molecular formula is C23H20N6O2. The third kappa shape index (κ3) is 4.64. The normalized spacial score (nSPS) is 11.5. The van der Waals surface area contributed by atoms with Gasteiger partial charge in [-0.2, -0.15) is 4.98 Å². The number of carboxylic acids is 1. The number of nitrogen functional groups attached to an aromatic ring is 1. The summed E-state index contributed by atoms with van der Waals surface area (Å²) in [6, 6.07) is 16.3. The summed E-state index contributed by atoms with van der Waals surface area (Å²) in [6.07, 6.45) is 5.46. The Bertz CT molecular complexity index is 1300. The molecule has 0 bridgehead atoms. The van der Waals surface area contributed by atoms with Crippen LogP contribution >= 0.6 is 0 Å². The van der Waals surface area contributed by atoms with Gasteiger partial charge in [0.05, 0.1) is 12.1 Å². The number of nitrogens with one attached hydrogen (secondary N) is 1. The summed E-state index contributed by atoms with van der Waals surface area (Å²) in [5, 5.41) is 11.8. The first-order valence-corrected chi connectivity index (χ1v) is 9.56. The van der Waals surface area contributed by atoms with Gasteiger partial charge in [-0.15, -0.1) is 0 Å². The van der Waals surface area contributed by atoms with Gasteiger partial charge in [0.15, 0.2) is 0 Å². The van der Waals surface area contributed by atoms with Gasteiger partial charge in [-0.05, 0) is 41.5 Å². The van der Waals surface area contributed by atoms with E-state index in [0.717, 1.165) is 40.2 Å². The predicted octanol–water partition coefficient (Wildman–Crippen LogP) is 4.04. The van der Waals surface area contributed by atoms with Crippen molar-refractivity contribution in [3.05, 3.63) is 72.1 Å². The highest BCUT2D eigenvalue weighted by Crippen LogP contribution is 2.34. The zero-order chi connectivity index (χ0) is 21.8. The number of para-hydroxylation sites is 1. The second-order valence-electron chi connectivity index (χ2n) is 6.92. The van der Waals surface area contributed by atoms with E-state index in [-0.39, 0.29) is 5.95 Å². The lowest BCUT2D eigenvalue weighted by Crippen LogP contribution is -2.00. The fourth-order valence-electron chi connectivity index (χ4n) is 3.36. The topological polar surface area (TPSA) is 126 Å². The van der Waals surface area contributed by atoms with Crippen molar-refractivity contribution in [3.63, 3.8) is 0 Å². The Morgan fingerprint density at radius 3 is 2.74 bits per heavy atom. The lowest BCUT2D eigenvalue weighted by Gasteiger charge is -2.13. The molecule has 1 aliphatic heterocycles. The molecule has 31 heavy (non-hydrogen) atoms. The van der Waals surface area contributed by atoms with Crippen LogP contribution in [0, 0.1) is 0 Å². The van der Waals surface area contributed by atoms with Gasteiger partial charge in [-0.1, -0.05) is 18.2 Å². The molecule has 0 aliphatic carbocycles. The number of aromatic nitrogens is 3. The highest BCUT2D eigenvalue weighted by atomic mass is 16.4. The minimum atomic E-state index is -0.833. The van der Waals surface area contributed by atoms with Crippen LogP contribution in [0.4, 0.5) is 17.5 Å². The number of nitrogens with zero attached hydrogens (tertiary/aromatic N) is 4. The van der Waals surface area contributed by atoms with Crippen molar-refractivity contribution in [1.82, 2.24) is 15.0 Å². The Morgan fingerprint density at radius 2 is 1.94 bits per heavy atom. The van der Waals surface area contributed by atoms with E-state index in [0.29, 0.717) is 12.4 Å². The van der Waals surface area contributed by atoms with Crippen molar-refractivity contribution < 1.29 is 9.90 Å². The van der Waals surface area contributed by atoms with Crippen molar-refractivity contribution in [1.29, 1.82) is 0 Å². The zero-order valence-electron chi connectivity index (χ0n) is 16.8. The van der Waals surface area contributed by atoms with Crippen LogP contribution in [-0.2, 0) is 11.3 Å². The summed E-state index contributed by atoms with van der Waals surface area (Å²) >= 11 is 0. The van der Waals surface area contributed by atoms with Crippen LogP contribution in [0.1, 0.15) is 18.1 Å². The average molecular weight is 412 g/mol. The molecule has 5 rings (SSSR count). The lowest BCUT2D eigenvalue weighted by atomic mass is 9.96. The molecule has 154 valence electrons. The van der Waals surface area contributed by atoms with Crippen LogP contribution < -0.4 is 11.1 Å². The maximum absolute atomic E-state index is 9.00. The third-order valence-electron chi connectivity index (χ3n) is 4.61. The Kier molecular flexibility index (Phi) is 5.53. The van der Waals surface area contributed by atoms with Crippen LogP contribution in [0.2, 0.25) is 0 Å². The average Bonchev–Trinajstić information content (AvgIpc) is 3.21. The van der Waals surface area contributed by atoms with E-state index < -0.39 is 5.97 Å². The van der Waals surface area contributed by atoms with Crippen LogP contribution in [0.5, 0.6) is 0 Å². The Labute approximate surface area is 178 Å². The molecule has 4 aromatic rings. The molecule has 0 radical (unpaired) electrons. The zero-order valence-corrected chi connectivity index (χ0v) is 16.8. The van der Waals surface area contributed by atoms with E-state index in [9.17, 15) is 0 Å². The molecule has 2 aromatic carbocycles. The number of aliphatic carboxylic acids is 1. The smallest absolute Gasteiger partial charge is 0.300 e. The van der Waals surface area contributed by atoms with Crippen LogP contribution in [0.15, 0.2) is 65.9 Å². The first-order valence-electron chi connectivity index (χ1n) is 9.56. The summed E-state index contributed by atoms with van der Waals surface area (Å²) in [7, 11) is 0. The third-order valence-corrected chi connectivity index (χ3v) is 4.61. The molecular weight excluding hydrogens is 392 g/mol. The minimum Gasteiger partial charge on any atom is -0.481 e. The second-order valence-corrected chi connectivity index (χ2v) is 6.92. The molecule has 8 heteroatoms. The Hall–Kier alpha value is -4.33.